The normalized spacial score (nSPS) is 13.9. The molecule has 0 aliphatic heterocycles. The maximum absolute atomic E-state index is 12.0. The van der Waals surface area contributed by atoms with Gasteiger partial charge in [0, 0.05) is 12.0 Å². The molecule has 0 radical (unpaired) electrons. The second-order valence-corrected chi connectivity index (χ2v) is 6.23. The molecule has 1 aromatic carbocycles. The van der Waals surface area contributed by atoms with Crippen molar-refractivity contribution in [3.05, 3.63) is 29.8 Å². The molecule has 1 aromatic rings. The summed E-state index contributed by atoms with van der Waals surface area (Å²) in [5, 5.41) is 9.11. The average molecular weight is 370 g/mol. The van der Waals surface area contributed by atoms with Gasteiger partial charge in [-0.05, 0) is 56.7 Å². The fraction of sp³-hybridized carbons (Fsp3) is 0.647. The van der Waals surface area contributed by atoms with E-state index in [-0.39, 0.29) is 25.4 Å². The second kappa shape index (κ2) is 10.8. The first-order valence-electron chi connectivity index (χ1n) is 7.90. The largest absolute Gasteiger partial charge is 0.494 e. The molecule has 140 valence electrons. The smallest absolute Gasteiger partial charge is 0.389 e. The molecule has 0 heterocycles. The molecule has 3 N–H and O–H groups in total. The van der Waals surface area contributed by atoms with Crippen LogP contribution in [0.15, 0.2) is 24.3 Å². The Morgan fingerprint density at radius 2 is 1.67 bits per heavy atom. The van der Waals surface area contributed by atoms with Crippen LogP contribution in [0, 0.1) is 0 Å². The number of rotatable bonds is 10. The van der Waals surface area contributed by atoms with Crippen LogP contribution in [0.3, 0.4) is 0 Å². The third-order valence-corrected chi connectivity index (χ3v) is 3.64. The summed E-state index contributed by atoms with van der Waals surface area (Å²) in [7, 11) is 0. The first-order chi connectivity index (χ1) is 10.7. The van der Waals surface area contributed by atoms with Crippen LogP contribution in [0.1, 0.15) is 44.6 Å². The molecule has 0 amide bonds. The van der Waals surface area contributed by atoms with E-state index in [0.29, 0.717) is 31.6 Å². The summed E-state index contributed by atoms with van der Waals surface area (Å²) in [6.07, 6.45) is -2.07. The standard InChI is InChI=1S/C17H26F3NO2.ClH/c1-16(21,13-22)11-9-14-5-7-15(8-6-14)23-12-4-2-3-10-17(18,19)20;/h5-8,22H,2-4,9-13,21H2,1H3;1H. The van der Waals surface area contributed by atoms with E-state index in [1.54, 1.807) is 0 Å². The second-order valence-electron chi connectivity index (χ2n) is 6.23. The minimum Gasteiger partial charge on any atom is -0.494 e. The van der Waals surface area contributed by atoms with Crippen molar-refractivity contribution in [1.82, 2.24) is 0 Å². The van der Waals surface area contributed by atoms with Gasteiger partial charge in [0.1, 0.15) is 5.75 Å². The molecule has 0 aliphatic carbocycles. The molecule has 0 fully saturated rings. The number of unbranched alkanes of at least 4 members (excludes halogenated alkanes) is 2. The van der Waals surface area contributed by atoms with Gasteiger partial charge in [-0.15, -0.1) is 12.4 Å². The molecular weight excluding hydrogens is 343 g/mol. The van der Waals surface area contributed by atoms with Crippen molar-refractivity contribution in [2.75, 3.05) is 13.2 Å². The first kappa shape index (κ1) is 23.0. The number of aryl methyl sites for hydroxylation is 1. The lowest BCUT2D eigenvalue weighted by Gasteiger charge is -2.21. The van der Waals surface area contributed by atoms with Crippen LogP contribution in [-0.2, 0) is 6.42 Å². The highest BCUT2D eigenvalue weighted by Gasteiger charge is 2.25. The Bertz CT molecular complexity index is 450. The zero-order valence-corrected chi connectivity index (χ0v) is 14.8. The maximum atomic E-state index is 12.0. The number of ether oxygens (including phenoxy) is 1. The van der Waals surface area contributed by atoms with Crippen molar-refractivity contribution in [1.29, 1.82) is 0 Å². The number of alkyl halides is 3. The Morgan fingerprint density at radius 1 is 1.04 bits per heavy atom. The van der Waals surface area contributed by atoms with E-state index in [1.165, 1.54) is 0 Å². The van der Waals surface area contributed by atoms with E-state index >= 15 is 0 Å². The van der Waals surface area contributed by atoms with E-state index in [1.807, 2.05) is 31.2 Å². The van der Waals surface area contributed by atoms with Crippen LogP contribution in [0.5, 0.6) is 5.75 Å². The van der Waals surface area contributed by atoms with Gasteiger partial charge in [0.05, 0.1) is 13.2 Å². The summed E-state index contributed by atoms with van der Waals surface area (Å²) in [6, 6.07) is 7.56. The quantitative estimate of drug-likeness (QED) is 0.606. The lowest BCUT2D eigenvalue weighted by atomic mass is 9.95. The average Bonchev–Trinajstić information content (AvgIpc) is 2.49. The Hall–Kier alpha value is -0.980. The number of aliphatic hydroxyl groups is 1. The summed E-state index contributed by atoms with van der Waals surface area (Å²) in [5.41, 5.74) is 6.41. The number of aliphatic hydroxyl groups excluding tert-OH is 1. The molecule has 24 heavy (non-hydrogen) atoms. The zero-order chi connectivity index (χ0) is 17.3. The van der Waals surface area contributed by atoms with Crippen LogP contribution in [-0.4, -0.2) is 30.0 Å². The van der Waals surface area contributed by atoms with Gasteiger partial charge in [0.25, 0.3) is 0 Å². The van der Waals surface area contributed by atoms with Crippen LogP contribution < -0.4 is 10.5 Å². The third-order valence-electron chi connectivity index (χ3n) is 3.64. The van der Waals surface area contributed by atoms with E-state index in [4.69, 9.17) is 15.6 Å². The van der Waals surface area contributed by atoms with E-state index < -0.39 is 18.1 Å². The van der Waals surface area contributed by atoms with Crippen LogP contribution in [0.4, 0.5) is 13.2 Å². The minimum atomic E-state index is -4.06. The summed E-state index contributed by atoms with van der Waals surface area (Å²) in [5.74, 6) is 0.710. The predicted molar refractivity (Wildman–Crippen MR) is 91.7 cm³/mol. The van der Waals surface area contributed by atoms with E-state index in [0.717, 1.165) is 12.0 Å². The third kappa shape index (κ3) is 10.7. The fourth-order valence-corrected chi connectivity index (χ4v) is 2.06. The van der Waals surface area contributed by atoms with Crippen molar-refractivity contribution in [2.24, 2.45) is 5.73 Å². The number of hydrogen-bond donors (Lipinski definition) is 2. The number of nitrogens with two attached hydrogens (primary N) is 1. The van der Waals surface area contributed by atoms with Gasteiger partial charge >= 0.3 is 6.18 Å². The molecule has 0 saturated heterocycles. The fourth-order valence-electron chi connectivity index (χ4n) is 2.06. The van der Waals surface area contributed by atoms with Crippen molar-refractivity contribution >= 4 is 12.4 Å². The number of halogens is 4. The summed E-state index contributed by atoms with van der Waals surface area (Å²) < 4.78 is 41.4. The van der Waals surface area contributed by atoms with Crippen molar-refractivity contribution in [3.63, 3.8) is 0 Å². The van der Waals surface area contributed by atoms with Gasteiger partial charge in [-0.3, -0.25) is 0 Å². The Kier molecular flexibility index (Phi) is 10.4. The van der Waals surface area contributed by atoms with Crippen LogP contribution in [0.2, 0.25) is 0 Å². The predicted octanol–water partition coefficient (Wildman–Crippen LogP) is 4.25. The molecule has 1 atom stereocenters. The van der Waals surface area contributed by atoms with Crippen LogP contribution >= 0.6 is 12.4 Å². The summed E-state index contributed by atoms with van der Waals surface area (Å²) in [4.78, 5) is 0. The lowest BCUT2D eigenvalue weighted by molar-refractivity contribution is -0.135. The molecule has 1 unspecified atom stereocenters. The van der Waals surface area contributed by atoms with E-state index in [2.05, 4.69) is 0 Å². The van der Waals surface area contributed by atoms with Crippen molar-refractivity contribution in [2.45, 2.75) is 57.2 Å². The maximum Gasteiger partial charge on any atom is 0.389 e. The van der Waals surface area contributed by atoms with Gasteiger partial charge in [-0.1, -0.05) is 12.1 Å². The molecule has 0 aliphatic rings. The zero-order valence-electron chi connectivity index (χ0n) is 13.9. The molecule has 1 rings (SSSR count). The highest BCUT2D eigenvalue weighted by Crippen LogP contribution is 2.22. The van der Waals surface area contributed by atoms with Crippen molar-refractivity contribution < 1.29 is 23.0 Å². The highest BCUT2D eigenvalue weighted by molar-refractivity contribution is 5.85. The topological polar surface area (TPSA) is 55.5 Å². The lowest BCUT2D eigenvalue weighted by Crippen LogP contribution is -2.40. The monoisotopic (exact) mass is 369 g/mol. The Labute approximate surface area is 147 Å². The van der Waals surface area contributed by atoms with Gasteiger partial charge in [0.2, 0.25) is 0 Å². The molecule has 0 spiro atoms. The van der Waals surface area contributed by atoms with Crippen LogP contribution in [0.25, 0.3) is 0 Å². The Morgan fingerprint density at radius 3 is 2.21 bits per heavy atom. The van der Waals surface area contributed by atoms with Crippen molar-refractivity contribution in [3.8, 4) is 5.75 Å². The van der Waals surface area contributed by atoms with Gasteiger partial charge < -0.3 is 15.6 Å². The Balaban J connectivity index is 0.00000529. The van der Waals surface area contributed by atoms with Gasteiger partial charge in [0.15, 0.2) is 0 Å². The highest BCUT2D eigenvalue weighted by atomic mass is 35.5. The molecule has 7 heteroatoms. The molecule has 3 nitrogen and oxygen atoms in total. The number of benzene rings is 1. The molecule has 0 saturated carbocycles. The summed E-state index contributed by atoms with van der Waals surface area (Å²) in [6.45, 7) is 2.17. The van der Waals surface area contributed by atoms with Gasteiger partial charge in [-0.2, -0.15) is 13.2 Å². The molecular formula is C17H27ClF3NO2. The van der Waals surface area contributed by atoms with Gasteiger partial charge in [-0.25, -0.2) is 0 Å². The SMILES string of the molecule is CC(N)(CO)CCc1ccc(OCCCCCC(F)(F)F)cc1.Cl. The number of hydrogen-bond acceptors (Lipinski definition) is 3. The minimum absolute atomic E-state index is 0. The summed E-state index contributed by atoms with van der Waals surface area (Å²) >= 11 is 0. The molecule has 0 bridgehead atoms. The first-order valence-corrected chi connectivity index (χ1v) is 7.90. The van der Waals surface area contributed by atoms with E-state index in [9.17, 15) is 13.2 Å². The molecule has 0 aromatic heterocycles.